The molecule has 1 atom stereocenters. The summed E-state index contributed by atoms with van der Waals surface area (Å²) in [6, 6.07) is 7.93. The van der Waals surface area contributed by atoms with Crippen molar-refractivity contribution >= 4 is 5.91 Å². The molecule has 4 rings (SSSR count). The van der Waals surface area contributed by atoms with Gasteiger partial charge in [0.25, 0.3) is 5.91 Å². The van der Waals surface area contributed by atoms with Gasteiger partial charge in [-0.2, -0.15) is 5.10 Å². The van der Waals surface area contributed by atoms with Gasteiger partial charge in [0, 0.05) is 37.1 Å². The van der Waals surface area contributed by atoms with Crippen LogP contribution in [-0.4, -0.2) is 57.3 Å². The molecule has 1 aromatic carbocycles. The van der Waals surface area contributed by atoms with Gasteiger partial charge in [0.15, 0.2) is 0 Å². The number of aromatic nitrogens is 4. The van der Waals surface area contributed by atoms with Gasteiger partial charge in [-0.05, 0) is 18.2 Å². The van der Waals surface area contributed by atoms with Crippen molar-refractivity contribution in [1.82, 2.24) is 25.1 Å². The lowest BCUT2D eigenvalue weighted by Gasteiger charge is -2.31. The van der Waals surface area contributed by atoms with Gasteiger partial charge in [0.1, 0.15) is 23.4 Å². The lowest BCUT2D eigenvalue weighted by molar-refractivity contribution is -0.0249. The van der Waals surface area contributed by atoms with Crippen LogP contribution in [0.5, 0.6) is 5.75 Å². The summed E-state index contributed by atoms with van der Waals surface area (Å²) in [5.41, 5.74) is 1.91. The quantitative estimate of drug-likeness (QED) is 0.685. The summed E-state index contributed by atoms with van der Waals surface area (Å²) in [6.07, 6.45) is 4.74. The molecule has 2 aromatic heterocycles. The van der Waals surface area contributed by atoms with E-state index >= 15 is 0 Å². The molecule has 0 saturated carbocycles. The zero-order chi connectivity index (χ0) is 20.1. The van der Waals surface area contributed by atoms with Crippen LogP contribution in [0.15, 0.2) is 48.9 Å². The minimum Gasteiger partial charge on any atom is -0.493 e. The van der Waals surface area contributed by atoms with Crippen molar-refractivity contribution in [3.05, 3.63) is 71.8 Å². The number of carbonyl (C=O) groups is 1. The summed E-state index contributed by atoms with van der Waals surface area (Å²) in [5.74, 6) is -0.0227. The summed E-state index contributed by atoms with van der Waals surface area (Å²) >= 11 is 0. The Kier molecular flexibility index (Phi) is 5.76. The number of amides is 1. The van der Waals surface area contributed by atoms with Crippen molar-refractivity contribution in [1.29, 1.82) is 0 Å². The van der Waals surface area contributed by atoms with Crippen molar-refractivity contribution in [2.45, 2.75) is 12.5 Å². The Hall–Kier alpha value is -3.33. The summed E-state index contributed by atoms with van der Waals surface area (Å²) in [6.45, 7) is 1.68. The van der Waals surface area contributed by atoms with E-state index < -0.39 is 0 Å². The molecule has 29 heavy (non-hydrogen) atoms. The lowest BCUT2D eigenvalue weighted by Crippen LogP contribution is -2.42. The standard InChI is InChI=1S/C20H20FN5O3/c21-14-2-1-3-16(10-14)28-8-4-15-11-17(25-24-15)19-13-26(7-9-29-19)20(27)18-12-22-5-6-23-18/h1-3,5-6,10-12,19H,4,7-9,13H2,(H,24,25)/t19-/m1/s1. The fourth-order valence-corrected chi connectivity index (χ4v) is 3.09. The van der Waals surface area contributed by atoms with Crippen LogP contribution in [0.1, 0.15) is 28.0 Å². The fraction of sp³-hybridized carbons (Fsp3) is 0.300. The number of halogens is 1. The van der Waals surface area contributed by atoms with E-state index in [1.54, 1.807) is 17.0 Å². The Morgan fingerprint density at radius 3 is 3.10 bits per heavy atom. The van der Waals surface area contributed by atoms with Crippen LogP contribution < -0.4 is 4.74 Å². The summed E-state index contributed by atoms with van der Waals surface area (Å²) in [4.78, 5) is 22.3. The van der Waals surface area contributed by atoms with E-state index in [4.69, 9.17) is 9.47 Å². The second kappa shape index (κ2) is 8.78. The molecule has 1 fully saturated rings. The third-order valence-electron chi connectivity index (χ3n) is 4.55. The van der Waals surface area contributed by atoms with E-state index in [0.717, 1.165) is 11.4 Å². The Morgan fingerprint density at radius 2 is 2.28 bits per heavy atom. The predicted molar refractivity (Wildman–Crippen MR) is 101 cm³/mol. The zero-order valence-electron chi connectivity index (χ0n) is 15.6. The second-order valence-corrected chi connectivity index (χ2v) is 6.58. The summed E-state index contributed by atoms with van der Waals surface area (Å²) < 4.78 is 24.5. The van der Waals surface area contributed by atoms with Crippen LogP contribution in [0.4, 0.5) is 4.39 Å². The average molecular weight is 397 g/mol. The van der Waals surface area contributed by atoms with Gasteiger partial charge in [-0.15, -0.1) is 0 Å². The minimum absolute atomic E-state index is 0.175. The maximum atomic E-state index is 13.2. The number of hydrogen-bond acceptors (Lipinski definition) is 6. The molecule has 3 aromatic rings. The van der Waals surface area contributed by atoms with Crippen molar-refractivity contribution in [3.8, 4) is 5.75 Å². The van der Waals surface area contributed by atoms with Crippen LogP contribution in [0, 0.1) is 5.82 Å². The third-order valence-corrected chi connectivity index (χ3v) is 4.55. The van der Waals surface area contributed by atoms with Gasteiger partial charge < -0.3 is 14.4 Å². The van der Waals surface area contributed by atoms with Gasteiger partial charge in [-0.25, -0.2) is 9.37 Å². The SMILES string of the molecule is O=C(c1cnccn1)N1CCO[C@@H](c2cc(CCOc3cccc(F)c3)[nH]n2)C1. The van der Waals surface area contributed by atoms with Crippen LogP contribution in [0.2, 0.25) is 0 Å². The molecule has 0 spiro atoms. The molecular formula is C20H20FN5O3. The van der Waals surface area contributed by atoms with Crippen molar-refractivity contribution < 1.29 is 18.7 Å². The highest BCUT2D eigenvalue weighted by molar-refractivity contribution is 5.92. The van der Waals surface area contributed by atoms with E-state index in [1.807, 2.05) is 6.07 Å². The molecule has 150 valence electrons. The maximum absolute atomic E-state index is 13.2. The van der Waals surface area contributed by atoms with Gasteiger partial charge >= 0.3 is 0 Å². The van der Waals surface area contributed by atoms with Crippen molar-refractivity contribution in [2.24, 2.45) is 0 Å². The molecule has 0 aliphatic carbocycles. The topological polar surface area (TPSA) is 93.2 Å². The molecule has 3 heterocycles. The lowest BCUT2D eigenvalue weighted by atomic mass is 10.1. The summed E-state index contributed by atoms with van der Waals surface area (Å²) in [7, 11) is 0. The van der Waals surface area contributed by atoms with Gasteiger partial charge in [-0.1, -0.05) is 6.07 Å². The molecular weight excluding hydrogens is 377 g/mol. The van der Waals surface area contributed by atoms with Gasteiger partial charge in [-0.3, -0.25) is 14.9 Å². The number of rotatable bonds is 6. The number of hydrogen-bond donors (Lipinski definition) is 1. The van der Waals surface area contributed by atoms with Crippen molar-refractivity contribution in [3.63, 3.8) is 0 Å². The molecule has 1 aliphatic heterocycles. The Bertz CT molecular complexity index is 966. The monoisotopic (exact) mass is 397 g/mol. The number of nitrogens with one attached hydrogen (secondary N) is 1. The zero-order valence-corrected chi connectivity index (χ0v) is 15.6. The molecule has 0 unspecified atom stereocenters. The Balaban J connectivity index is 1.33. The van der Waals surface area contributed by atoms with Gasteiger partial charge in [0.2, 0.25) is 0 Å². The number of morpholine rings is 1. The van der Waals surface area contributed by atoms with Crippen LogP contribution in [-0.2, 0) is 11.2 Å². The van der Waals surface area contributed by atoms with E-state index in [0.29, 0.717) is 44.2 Å². The second-order valence-electron chi connectivity index (χ2n) is 6.58. The number of aromatic amines is 1. The van der Waals surface area contributed by atoms with E-state index in [2.05, 4.69) is 20.2 Å². The number of ether oxygens (including phenoxy) is 2. The molecule has 8 nitrogen and oxygen atoms in total. The fourth-order valence-electron chi connectivity index (χ4n) is 3.09. The van der Waals surface area contributed by atoms with E-state index in [9.17, 15) is 9.18 Å². The Labute approximate surface area is 166 Å². The van der Waals surface area contributed by atoms with E-state index in [-0.39, 0.29) is 17.8 Å². The Morgan fingerprint density at radius 1 is 1.34 bits per heavy atom. The number of carbonyl (C=O) groups excluding carboxylic acids is 1. The first-order valence-corrected chi connectivity index (χ1v) is 9.28. The first-order chi connectivity index (χ1) is 14.2. The largest absolute Gasteiger partial charge is 0.493 e. The normalized spacial score (nSPS) is 16.6. The number of benzene rings is 1. The highest BCUT2D eigenvalue weighted by Gasteiger charge is 2.28. The smallest absolute Gasteiger partial charge is 0.274 e. The molecule has 0 radical (unpaired) electrons. The molecule has 1 amide bonds. The molecule has 1 saturated heterocycles. The van der Waals surface area contributed by atoms with Crippen LogP contribution in [0.25, 0.3) is 0 Å². The number of nitrogens with zero attached hydrogens (tertiary/aromatic N) is 4. The number of H-pyrrole nitrogens is 1. The molecule has 9 heteroatoms. The van der Waals surface area contributed by atoms with Gasteiger partial charge in [0.05, 0.1) is 31.6 Å². The molecule has 1 N–H and O–H groups in total. The highest BCUT2D eigenvalue weighted by atomic mass is 19.1. The van der Waals surface area contributed by atoms with Crippen LogP contribution in [0.3, 0.4) is 0 Å². The molecule has 1 aliphatic rings. The first kappa shape index (κ1) is 19.0. The van der Waals surface area contributed by atoms with Crippen LogP contribution >= 0.6 is 0 Å². The first-order valence-electron chi connectivity index (χ1n) is 9.28. The average Bonchev–Trinajstić information content (AvgIpc) is 3.23. The van der Waals surface area contributed by atoms with E-state index in [1.165, 1.54) is 30.7 Å². The summed E-state index contributed by atoms with van der Waals surface area (Å²) in [5, 5.41) is 7.28. The third kappa shape index (κ3) is 4.75. The highest BCUT2D eigenvalue weighted by Crippen LogP contribution is 2.22. The molecule has 0 bridgehead atoms. The minimum atomic E-state index is -0.332. The predicted octanol–water partition coefficient (Wildman–Crippen LogP) is 2.17. The maximum Gasteiger partial charge on any atom is 0.274 e. The van der Waals surface area contributed by atoms with Crippen molar-refractivity contribution in [2.75, 3.05) is 26.3 Å².